The number of Topliss-reactive ketones (excluding diaryl/α,β-unsaturated/α-hetero) is 1. The van der Waals surface area contributed by atoms with Crippen molar-refractivity contribution in [1.82, 2.24) is 15.1 Å². The Morgan fingerprint density at radius 2 is 1.73 bits per heavy atom. The number of nitrogens with zero attached hydrogens (tertiary/aromatic N) is 3. The van der Waals surface area contributed by atoms with Gasteiger partial charge in [-0.2, -0.15) is 0 Å². The third kappa shape index (κ3) is 6.17. The van der Waals surface area contributed by atoms with E-state index in [1.165, 1.54) is 0 Å². The van der Waals surface area contributed by atoms with Crippen molar-refractivity contribution in [3.8, 4) is 0 Å². The van der Waals surface area contributed by atoms with E-state index in [2.05, 4.69) is 56.7 Å². The number of hydrogen-bond acceptors (Lipinski definition) is 6. The molecule has 204 valence electrons. The largest absolute Gasteiger partial charge is 0.369 e. The summed E-state index contributed by atoms with van der Waals surface area (Å²) >= 11 is 0. The number of ether oxygens (including phenoxy) is 1. The number of benzene rings is 1. The fourth-order valence-electron chi connectivity index (χ4n) is 5.91. The summed E-state index contributed by atoms with van der Waals surface area (Å²) in [6.45, 7) is 18.2. The SMILES string of the molecule is CCN1CCN(c2ccc(C(=O)N[C@@H](CC(C)(C)C)C(=O)N3C[C@@H](C(C)C)[C@H]4OCC(=O)[C@H]43)cc2)CC1. The van der Waals surface area contributed by atoms with Crippen molar-refractivity contribution < 1.29 is 19.1 Å². The first-order chi connectivity index (χ1) is 17.5. The van der Waals surface area contributed by atoms with Crippen LogP contribution in [0.15, 0.2) is 24.3 Å². The first-order valence-electron chi connectivity index (χ1n) is 13.8. The van der Waals surface area contributed by atoms with E-state index in [-0.39, 0.29) is 47.6 Å². The molecule has 0 radical (unpaired) electrons. The maximum absolute atomic E-state index is 13.9. The van der Waals surface area contributed by atoms with Crippen LogP contribution in [0.5, 0.6) is 0 Å². The van der Waals surface area contributed by atoms with E-state index in [1.54, 1.807) is 4.90 Å². The molecule has 8 nitrogen and oxygen atoms in total. The zero-order chi connectivity index (χ0) is 26.9. The van der Waals surface area contributed by atoms with Crippen LogP contribution in [-0.2, 0) is 14.3 Å². The fourth-order valence-corrected chi connectivity index (χ4v) is 5.91. The highest BCUT2D eigenvalue weighted by Gasteiger charge is 2.53. The van der Waals surface area contributed by atoms with Gasteiger partial charge >= 0.3 is 0 Å². The average molecular weight is 513 g/mol. The number of piperazine rings is 1. The van der Waals surface area contributed by atoms with Gasteiger partial charge in [0.1, 0.15) is 18.7 Å². The number of carbonyl (C=O) groups is 3. The predicted octanol–water partition coefficient (Wildman–Crippen LogP) is 2.81. The number of amides is 2. The van der Waals surface area contributed by atoms with Crippen LogP contribution in [0, 0.1) is 17.3 Å². The second-order valence-corrected chi connectivity index (χ2v) is 12.3. The number of carbonyl (C=O) groups excluding carboxylic acids is 3. The molecule has 3 saturated heterocycles. The van der Waals surface area contributed by atoms with Crippen LogP contribution in [0.3, 0.4) is 0 Å². The van der Waals surface area contributed by atoms with Gasteiger partial charge in [0.25, 0.3) is 5.91 Å². The summed E-state index contributed by atoms with van der Waals surface area (Å²) in [4.78, 5) is 46.3. The summed E-state index contributed by atoms with van der Waals surface area (Å²) in [5.74, 6) is -0.105. The molecule has 0 unspecified atom stereocenters. The smallest absolute Gasteiger partial charge is 0.251 e. The topological polar surface area (TPSA) is 82.2 Å². The summed E-state index contributed by atoms with van der Waals surface area (Å²) in [6, 6.07) is 6.39. The number of likely N-dealkylation sites (tertiary alicyclic amines) is 1. The van der Waals surface area contributed by atoms with Gasteiger partial charge in [-0.05, 0) is 48.6 Å². The van der Waals surface area contributed by atoms with Crippen molar-refractivity contribution >= 4 is 23.3 Å². The van der Waals surface area contributed by atoms with Crippen LogP contribution >= 0.6 is 0 Å². The summed E-state index contributed by atoms with van der Waals surface area (Å²) in [5, 5.41) is 3.02. The van der Waals surface area contributed by atoms with Gasteiger partial charge in [-0.25, -0.2) is 0 Å². The standard InChI is InChI=1S/C29H44N4O4/c1-7-31-12-14-32(15-13-31)21-10-8-20(9-11-21)27(35)30-23(16-29(4,5)6)28(36)33-17-22(19(2)3)26-25(33)24(34)18-37-26/h8-11,19,22-23,25-26H,7,12-18H2,1-6H3,(H,30,35)/t22-,23-,25+,26+/m0/s1. The van der Waals surface area contributed by atoms with Gasteiger partial charge in [0.15, 0.2) is 5.78 Å². The lowest BCUT2D eigenvalue weighted by atomic mass is 9.87. The normalized spacial score (nSPS) is 25.5. The summed E-state index contributed by atoms with van der Waals surface area (Å²) in [7, 11) is 0. The molecule has 3 aliphatic heterocycles. The van der Waals surface area contributed by atoms with E-state index in [9.17, 15) is 14.4 Å². The number of nitrogens with one attached hydrogen (secondary N) is 1. The highest BCUT2D eigenvalue weighted by molar-refractivity contribution is 5.99. The second kappa shape index (κ2) is 11.1. The molecular formula is C29H44N4O4. The van der Waals surface area contributed by atoms with Crippen LogP contribution in [0.4, 0.5) is 5.69 Å². The first-order valence-corrected chi connectivity index (χ1v) is 13.8. The molecule has 0 aliphatic carbocycles. The molecule has 0 spiro atoms. The Balaban J connectivity index is 1.47. The van der Waals surface area contributed by atoms with Gasteiger partial charge in [-0.3, -0.25) is 14.4 Å². The maximum atomic E-state index is 13.9. The predicted molar refractivity (Wildman–Crippen MR) is 145 cm³/mol. The fraction of sp³-hybridized carbons (Fsp3) is 0.690. The molecule has 0 bridgehead atoms. The Bertz CT molecular complexity index is 979. The van der Waals surface area contributed by atoms with Crippen molar-refractivity contribution in [2.24, 2.45) is 17.3 Å². The molecule has 37 heavy (non-hydrogen) atoms. The van der Waals surface area contributed by atoms with E-state index in [0.29, 0.717) is 18.5 Å². The zero-order valence-corrected chi connectivity index (χ0v) is 23.3. The Kier molecular flexibility index (Phi) is 8.29. The number of anilines is 1. The number of fused-ring (bicyclic) bond motifs is 1. The van der Waals surface area contributed by atoms with Gasteiger partial charge in [0.2, 0.25) is 5.91 Å². The average Bonchev–Trinajstić information content (AvgIpc) is 3.43. The van der Waals surface area contributed by atoms with Crippen molar-refractivity contribution in [3.63, 3.8) is 0 Å². The number of rotatable bonds is 7. The highest BCUT2D eigenvalue weighted by atomic mass is 16.5. The molecule has 4 rings (SSSR count). The summed E-state index contributed by atoms with van der Waals surface area (Å²) in [5.41, 5.74) is 1.45. The van der Waals surface area contributed by atoms with Crippen molar-refractivity contribution in [2.45, 2.75) is 66.2 Å². The highest BCUT2D eigenvalue weighted by Crippen LogP contribution is 2.37. The van der Waals surface area contributed by atoms with Gasteiger partial charge in [-0.1, -0.05) is 41.5 Å². The van der Waals surface area contributed by atoms with Crippen LogP contribution in [0.2, 0.25) is 0 Å². The molecule has 0 aromatic heterocycles. The lowest BCUT2D eigenvalue weighted by Gasteiger charge is -2.35. The van der Waals surface area contributed by atoms with Crippen LogP contribution in [-0.4, -0.2) is 91.5 Å². The summed E-state index contributed by atoms with van der Waals surface area (Å²) in [6.07, 6.45) is 0.223. The molecule has 3 heterocycles. The van der Waals surface area contributed by atoms with Gasteiger partial charge < -0.3 is 24.8 Å². The van der Waals surface area contributed by atoms with E-state index in [4.69, 9.17) is 4.74 Å². The van der Waals surface area contributed by atoms with Gasteiger partial charge in [0.05, 0.1) is 6.10 Å². The Morgan fingerprint density at radius 3 is 2.30 bits per heavy atom. The maximum Gasteiger partial charge on any atom is 0.251 e. The number of likely N-dealkylation sites (N-methyl/N-ethyl adjacent to an activating group) is 1. The van der Waals surface area contributed by atoms with Crippen LogP contribution in [0.1, 0.15) is 58.3 Å². The van der Waals surface area contributed by atoms with Crippen molar-refractivity contribution in [1.29, 1.82) is 0 Å². The minimum atomic E-state index is -0.714. The molecule has 8 heteroatoms. The minimum absolute atomic E-state index is 0.0438. The molecule has 4 atom stereocenters. The van der Waals surface area contributed by atoms with Gasteiger partial charge in [-0.15, -0.1) is 0 Å². The molecule has 1 aromatic rings. The Hall–Kier alpha value is -2.45. The Labute approximate surface area is 221 Å². The molecule has 1 N–H and O–H groups in total. The second-order valence-electron chi connectivity index (χ2n) is 12.3. The van der Waals surface area contributed by atoms with Gasteiger partial charge in [0, 0.05) is 49.9 Å². The molecule has 1 aromatic carbocycles. The van der Waals surface area contributed by atoms with E-state index >= 15 is 0 Å². The molecule has 3 fully saturated rings. The summed E-state index contributed by atoms with van der Waals surface area (Å²) < 4.78 is 5.81. The Morgan fingerprint density at radius 1 is 1.08 bits per heavy atom. The van der Waals surface area contributed by atoms with Crippen LogP contribution in [0.25, 0.3) is 0 Å². The lowest BCUT2D eigenvalue weighted by Crippen LogP contribution is -2.53. The number of ketones is 1. The van der Waals surface area contributed by atoms with E-state index in [0.717, 1.165) is 38.4 Å². The third-order valence-electron chi connectivity index (χ3n) is 8.10. The quantitative estimate of drug-likeness (QED) is 0.605. The molecule has 0 saturated carbocycles. The molecular weight excluding hydrogens is 468 g/mol. The zero-order valence-electron chi connectivity index (χ0n) is 23.3. The first kappa shape index (κ1) is 27.6. The van der Waals surface area contributed by atoms with Crippen molar-refractivity contribution in [2.75, 3.05) is 50.8 Å². The molecule has 2 amide bonds. The lowest BCUT2D eigenvalue weighted by molar-refractivity contribution is -0.138. The minimum Gasteiger partial charge on any atom is -0.369 e. The van der Waals surface area contributed by atoms with E-state index < -0.39 is 12.1 Å². The number of hydrogen-bond donors (Lipinski definition) is 1. The van der Waals surface area contributed by atoms with Crippen molar-refractivity contribution in [3.05, 3.63) is 29.8 Å². The third-order valence-corrected chi connectivity index (χ3v) is 8.10. The monoisotopic (exact) mass is 512 g/mol. The van der Waals surface area contributed by atoms with Crippen LogP contribution < -0.4 is 10.2 Å². The van der Waals surface area contributed by atoms with E-state index in [1.807, 2.05) is 24.3 Å². The molecule has 3 aliphatic rings.